The summed E-state index contributed by atoms with van der Waals surface area (Å²) in [5.74, 6) is -1.86. The Kier molecular flexibility index (Phi) is 13.7. The lowest BCUT2D eigenvalue weighted by Gasteiger charge is -2.09. The van der Waals surface area contributed by atoms with Crippen LogP contribution in [0.4, 0.5) is 0 Å². The summed E-state index contributed by atoms with van der Waals surface area (Å²) in [6, 6.07) is 0. The van der Waals surface area contributed by atoms with Crippen LogP contribution < -0.4 is 0 Å². The molecule has 0 fully saturated rings. The number of unbranched alkanes of at least 4 members (excludes halogenated alkanes) is 7. The van der Waals surface area contributed by atoms with Crippen LogP contribution in [0.1, 0.15) is 84.0 Å². The lowest BCUT2D eigenvalue weighted by molar-refractivity contribution is -0.142. The van der Waals surface area contributed by atoms with Gasteiger partial charge < -0.3 is 10.2 Å². The number of hydrogen-bond donors (Lipinski definition) is 2. The van der Waals surface area contributed by atoms with E-state index in [1.54, 1.807) is 0 Å². The number of carboxylic acids is 2. The molecule has 0 saturated heterocycles. The van der Waals surface area contributed by atoms with E-state index in [0.717, 1.165) is 19.3 Å². The van der Waals surface area contributed by atoms with Gasteiger partial charge in [0.25, 0.3) is 0 Å². The van der Waals surface area contributed by atoms with Crippen molar-refractivity contribution >= 4 is 11.9 Å². The van der Waals surface area contributed by atoms with Crippen molar-refractivity contribution in [3.8, 4) is 0 Å². The monoisotopic (exact) mass is 312 g/mol. The topological polar surface area (TPSA) is 74.6 Å². The Morgan fingerprint density at radius 1 is 0.909 bits per heavy atom. The third-order valence-corrected chi connectivity index (χ3v) is 3.85. The van der Waals surface area contributed by atoms with Crippen LogP contribution in [-0.4, -0.2) is 22.2 Å². The summed E-state index contributed by atoms with van der Waals surface area (Å²) in [6.45, 7) is 2.20. The minimum absolute atomic E-state index is 0.176. The second-order valence-electron chi connectivity index (χ2n) is 5.94. The predicted molar refractivity (Wildman–Crippen MR) is 89.0 cm³/mol. The quantitative estimate of drug-likeness (QED) is 0.328. The second kappa shape index (κ2) is 14.6. The Bertz CT molecular complexity index is 323. The Morgan fingerprint density at radius 2 is 1.59 bits per heavy atom. The molecule has 0 rings (SSSR count). The Hall–Kier alpha value is -1.32. The molecule has 0 aromatic rings. The highest BCUT2D eigenvalue weighted by atomic mass is 16.4. The van der Waals surface area contributed by atoms with Gasteiger partial charge in [0, 0.05) is 6.42 Å². The molecule has 0 aliphatic rings. The molecule has 4 nitrogen and oxygen atoms in total. The zero-order valence-corrected chi connectivity index (χ0v) is 13.9. The fourth-order valence-electron chi connectivity index (χ4n) is 2.43. The van der Waals surface area contributed by atoms with E-state index in [9.17, 15) is 14.7 Å². The summed E-state index contributed by atoms with van der Waals surface area (Å²) in [7, 11) is 0. The van der Waals surface area contributed by atoms with E-state index in [1.165, 1.54) is 32.1 Å². The zero-order valence-electron chi connectivity index (χ0n) is 13.9. The van der Waals surface area contributed by atoms with Crippen LogP contribution in [0.25, 0.3) is 0 Å². The Balaban J connectivity index is 3.71. The number of rotatable bonds is 15. The minimum Gasteiger partial charge on any atom is -0.481 e. The van der Waals surface area contributed by atoms with E-state index in [4.69, 9.17) is 5.11 Å². The van der Waals surface area contributed by atoms with E-state index in [1.807, 2.05) is 6.08 Å². The van der Waals surface area contributed by atoms with Crippen LogP contribution >= 0.6 is 0 Å². The van der Waals surface area contributed by atoms with Gasteiger partial charge in [-0.05, 0) is 32.1 Å². The number of carboxylic acid groups (broad SMARTS) is 2. The highest BCUT2D eigenvalue weighted by molar-refractivity contribution is 5.70. The maximum atomic E-state index is 11.2. The molecule has 0 aliphatic carbocycles. The van der Waals surface area contributed by atoms with E-state index < -0.39 is 11.9 Å². The third-order valence-electron chi connectivity index (χ3n) is 3.85. The smallest absolute Gasteiger partial charge is 0.306 e. The largest absolute Gasteiger partial charge is 0.481 e. The molecule has 0 saturated carbocycles. The highest BCUT2D eigenvalue weighted by Crippen LogP contribution is 2.16. The van der Waals surface area contributed by atoms with Crippen molar-refractivity contribution in [2.45, 2.75) is 84.0 Å². The molecule has 22 heavy (non-hydrogen) atoms. The molecule has 0 heterocycles. The van der Waals surface area contributed by atoms with Gasteiger partial charge in [0.1, 0.15) is 0 Å². The number of allylic oxidation sites excluding steroid dienone is 2. The van der Waals surface area contributed by atoms with Gasteiger partial charge in [0.2, 0.25) is 0 Å². The van der Waals surface area contributed by atoms with Crippen LogP contribution in [0.2, 0.25) is 0 Å². The summed E-state index contributed by atoms with van der Waals surface area (Å²) in [6.07, 6.45) is 15.0. The maximum Gasteiger partial charge on any atom is 0.306 e. The molecule has 1 atom stereocenters. The van der Waals surface area contributed by atoms with E-state index in [2.05, 4.69) is 13.0 Å². The fraction of sp³-hybridized carbons (Fsp3) is 0.778. The van der Waals surface area contributed by atoms with Gasteiger partial charge in [-0.3, -0.25) is 9.59 Å². The van der Waals surface area contributed by atoms with Gasteiger partial charge in [0.15, 0.2) is 0 Å². The van der Waals surface area contributed by atoms with Crippen molar-refractivity contribution in [2.24, 2.45) is 5.92 Å². The highest BCUT2D eigenvalue weighted by Gasteiger charge is 2.15. The van der Waals surface area contributed by atoms with Gasteiger partial charge in [-0.15, -0.1) is 0 Å². The summed E-state index contributed by atoms with van der Waals surface area (Å²) in [5, 5.41) is 17.7. The molecule has 1 unspecified atom stereocenters. The molecule has 0 aromatic carbocycles. The maximum absolute atomic E-state index is 11.2. The minimum atomic E-state index is -0.781. The third kappa shape index (κ3) is 13.7. The van der Waals surface area contributed by atoms with E-state index >= 15 is 0 Å². The van der Waals surface area contributed by atoms with Gasteiger partial charge in [-0.25, -0.2) is 0 Å². The SMILES string of the molecule is CCCCCCCC=CCC(CCCCCC(=O)O)C(=O)O. The average molecular weight is 312 g/mol. The van der Waals surface area contributed by atoms with Crippen molar-refractivity contribution in [3.05, 3.63) is 12.2 Å². The van der Waals surface area contributed by atoms with Gasteiger partial charge >= 0.3 is 11.9 Å². The molecule has 0 radical (unpaired) electrons. The van der Waals surface area contributed by atoms with Gasteiger partial charge in [0.05, 0.1) is 5.92 Å². The summed E-state index contributed by atoms with van der Waals surface area (Å²) in [5.41, 5.74) is 0. The van der Waals surface area contributed by atoms with Gasteiger partial charge in [-0.2, -0.15) is 0 Å². The molecule has 0 spiro atoms. The molecule has 0 aliphatic heterocycles. The predicted octanol–water partition coefficient (Wildman–Crippen LogP) is 5.03. The Labute approximate surface area is 134 Å². The normalized spacial score (nSPS) is 12.6. The average Bonchev–Trinajstić information content (AvgIpc) is 2.46. The number of carbonyl (C=O) groups is 2. The first-order valence-electron chi connectivity index (χ1n) is 8.67. The molecule has 0 amide bonds. The molecular formula is C18H32O4. The van der Waals surface area contributed by atoms with Gasteiger partial charge in [-0.1, -0.05) is 57.6 Å². The van der Waals surface area contributed by atoms with E-state index in [-0.39, 0.29) is 12.3 Å². The summed E-state index contributed by atoms with van der Waals surface area (Å²) in [4.78, 5) is 21.6. The summed E-state index contributed by atoms with van der Waals surface area (Å²) < 4.78 is 0. The molecule has 0 bridgehead atoms. The van der Waals surface area contributed by atoms with Crippen molar-refractivity contribution in [1.29, 1.82) is 0 Å². The van der Waals surface area contributed by atoms with Crippen molar-refractivity contribution < 1.29 is 19.8 Å². The molecule has 2 N–H and O–H groups in total. The standard InChI is InChI=1S/C18H32O4/c1-2-3-4-5-6-7-8-10-13-16(18(21)22)14-11-9-12-15-17(19)20/h8,10,16H,2-7,9,11-15H2,1H3,(H,19,20)(H,21,22). The van der Waals surface area contributed by atoms with Crippen LogP contribution in [0, 0.1) is 5.92 Å². The van der Waals surface area contributed by atoms with Crippen LogP contribution in [0.15, 0.2) is 12.2 Å². The molecule has 4 heteroatoms. The zero-order chi connectivity index (χ0) is 16.6. The number of hydrogen-bond acceptors (Lipinski definition) is 2. The molecular weight excluding hydrogens is 280 g/mol. The van der Waals surface area contributed by atoms with E-state index in [0.29, 0.717) is 19.3 Å². The second-order valence-corrected chi connectivity index (χ2v) is 5.94. The molecule has 0 aromatic heterocycles. The Morgan fingerprint density at radius 3 is 2.23 bits per heavy atom. The lowest BCUT2D eigenvalue weighted by atomic mass is 9.97. The van der Waals surface area contributed by atoms with Crippen LogP contribution in [-0.2, 0) is 9.59 Å². The first-order valence-corrected chi connectivity index (χ1v) is 8.67. The number of aliphatic carboxylic acids is 2. The molecule has 128 valence electrons. The summed E-state index contributed by atoms with van der Waals surface area (Å²) >= 11 is 0. The van der Waals surface area contributed by atoms with Crippen LogP contribution in [0.5, 0.6) is 0 Å². The fourth-order valence-corrected chi connectivity index (χ4v) is 2.43. The first-order chi connectivity index (χ1) is 10.6. The van der Waals surface area contributed by atoms with Crippen LogP contribution in [0.3, 0.4) is 0 Å². The van der Waals surface area contributed by atoms with Crippen molar-refractivity contribution in [3.63, 3.8) is 0 Å². The first kappa shape index (κ1) is 20.7. The van der Waals surface area contributed by atoms with Crippen molar-refractivity contribution in [1.82, 2.24) is 0 Å². The van der Waals surface area contributed by atoms with Crippen molar-refractivity contribution in [2.75, 3.05) is 0 Å². The lowest BCUT2D eigenvalue weighted by Crippen LogP contribution is -2.12.